The minimum absolute atomic E-state index is 0. The highest BCUT2D eigenvalue weighted by atomic mass is 16.2. The van der Waals surface area contributed by atoms with Crippen molar-refractivity contribution in [3.8, 4) is 0 Å². The van der Waals surface area contributed by atoms with Crippen LogP contribution in [0.3, 0.4) is 0 Å². The molecule has 0 aliphatic rings. The van der Waals surface area contributed by atoms with Crippen molar-refractivity contribution in [1.29, 1.82) is 0 Å². The molecule has 1 amide bonds. The molecule has 0 rings (SSSR count). The van der Waals surface area contributed by atoms with E-state index >= 15 is 0 Å². The van der Waals surface area contributed by atoms with Crippen molar-refractivity contribution in [1.82, 2.24) is 5.32 Å². The monoisotopic (exact) mass is 670 g/mol. The normalized spacial score (nSPS) is 10.6. The molecule has 0 saturated carbocycles. The summed E-state index contributed by atoms with van der Waals surface area (Å²) in [5.41, 5.74) is 0. The van der Waals surface area contributed by atoms with Gasteiger partial charge in [0, 0.05) is 30.7 Å². The van der Waals surface area contributed by atoms with E-state index in [4.69, 9.17) is 0 Å². The zero-order chi connectivity index (χ0) is 33.8. The van der Waals surface area contributed by atoms with E-state index in [1.165, 1.54) is 6.42 Å². The number of allylic oxidation sites excluding steroid dienone is 7. The first-order valence-electron chi connectivity index (χ1n) is 16.3. The molecule has 0 radical (unpaired) electrons. The van der Waals surface area contributed by atoms with Crippen LogP contribution in [0.5, 0.6) is 0 Å². The molecular formula is C43H91NO3. The molecule has 0 heterocycles. The number of nitrogens with one attached hydrogen (secondary N) is 1. The summed E-state index contributed by atoms with van der Waals surface area (Å²) in [7, 11) is 0. The first kappa shape index (κ1) is 67.0. The highest BCUT2D eigenvalue weighted by molar-refractivity contribution is 5.91. The van der Waals surface area contributed by atoms with Crippen LogP contribution in [0.1, 0.15) is 161 Å². The maximum atomic E-state index is 11.1. The van der Waals surface area contributed by atoms with Crippen molar-refractivity contribution in [2.45, 2.75) is 161 Å². The van der Waals surface area contributed by atoms with Gasteiger partial charge >= 0.3 is 0 Å². The lowest BCUT2D eigenvalue weighted by Crippen LogP contribution is -2.27. The Morgan fingerprint density at radius 1 is 0.489 bits per heavy atom. The van der Waals surface area contributed by atoms with Crippen LogP contribution in [-0.4, -0.2) is 24.0 Å². The van der Waals surface area contributed by atoms with Crippen LogP contribution in [0.15, 0.2) is 48.6 Å². The zero-order valence-electron chi connectivity index (χ0n) is 30.6. The average Bonchev–Trinajstić information content (AvgIpc) is 2.85. The van der Waals surface area contributed by atoms with E-state index in [1.807, 2.05) is 59.8 Å². The van der Waals surface area contributed by atoms with Crippen LogP contribution in [0.25, 0.3) is 0 Å². The molecule has 0 atom stereocenters. The largest absolute Gasteiger partial charge is 0.352 e. The summed E-state index contributed by atoms with van der Waals surface area (Å²) in [4.78, 5) is 33.1. The molecule has 0 aromatic heterocycles. The summed E-state index contributed by atoms with van der Waals surface area (Å²) >= 11 is 0. The van der Waals surface area contributed by atoms with E-state index in [0.717, 1.165) is 5.92 Å². The lowest BCUT2D eigenvalue weighted by Gasteiger charge is -2.04. The molecule has 0 bridgehead atoms. The predicted molar refractivity (Wildman–Crippen MR) is 221 cm³/mol. The van der Waals surface area contributed by atoms with Gasteiger partial charge in [0.15, 0.2) is 5.78 Å². The Morgan fingerprint density at radius 3 is 1.19 bits per heavy atom. The predicted octanol–water partition coefficient (Wildman–Crippen LogP) is 13.6. The van der Waals surface area contributed by atoms with Crippen molar-refractivity contribution in [2.75, 3.05) is 6.54 Å². The van der Waals surface area contributed by atoms with Crippen molar-refractivity contribution < 1.29 is 14.4 Å². The number of Topliss-reactive ketones (excluding diaryl/α,β-unsaturated/α-hetero) is 1. The Hall–Kier alpha value is -2.23. The van der Waals surface area contributed by atoms with Crippen LogP contribution >= 0.6 is 0 Å². The Kier molecular flexibility index (Phi) is 62.4. The molecule has 4 heteroatoms. The number of amides is 1. The third kappa shape index (κ3) is 67.0. The van der Waals surface area contributed by atoms with Crippen molar-refractivity contribution in [3.05, 3.63) is 48.6 Å². The number of hydrogen-bond acceptors (Lipinski definition) is 3. The second-order valence-electron chi connectivity index (χ2n) is 13.5. The van der Waals surface area contributed by atoms with Crippen molar-refractivity contribution in [2.24, 2.45) is 47.3 Å². The lowest BCUT2D eigenvalue weighted by atomic mass is 10.1. The Morgan fingerprint density at radius 2 is 0.872 bits per heavy atom. The highest BCUT2D eigenvalue weighted by Gasteiger charge is 2.04. The van der Waals surface area contributed by atoms with Gasteiger partial charge in [0.25, 0.3) is 0 Å². The summed E-state index contributed by atoms with van der Waals surface area (Å²) in [5.74, 6) is 4.14. The second kappa shape index (κ2) is 43.8. The van der Waals surface area contributed by atoms with Gasteiger partial charge in [-0.3, -0.25) is 14.4 Å². The van der Waals surface area contributed by atoms with Gasteiger partial charge in [-0.25, -0.2) is 0 Å². The number of ketones is 2. The van der Waals surface area contributed by atoms with E-state index in [-0.39, 0.29) is 66.6 Å². The summed E-state index contributed by atoms with van der Waals surface area (Å²) in [5, 5.41) is 2.81. The maximum absolute atomic E-state index is 11.1. The first-order chi connectivity index (χ1) is 19.2. The molecule has 1 N–H and O–H groups in total. The topological polar surface area (TPSA) is 63.2 Å². The van der Waals surface area contributed by atoms with Crippen molar-refractivity contribution >= 4 is 17.5 Å². The summed E-state index contributed by atoms with van der Waals surface area (Å²) in [6.07, 6.45) is 18.1. The number of hydrogen-bond donors (Lipinski definition) is 1. The van der Waals surface area contributed by atoms with Gasteiger partial charge in [-0.2, -0.15) is 0 Å². The average molecular weight is 670 g/mol. The third-order valence-electron chi connectivity index (χ3n) is 5.27. The Labute approximate surface area is 299 Å². The van der Waals surface area contributed by atoms with E-state index < -0.39 is 0 Å². The fourth-order valence-corrected chi connectivity index (χ4v) is 2.50. The molecule has 47 heavy (non-hydrogen) atoms. The molecular weight excluding hydrogens is 578 g/mol. The smallest absolute Gasteiger partial charge is 0.222 e. The van der Waals surface area contributed by atoms with Crippen LogP contribution in [0.4, 0.5) is 0 Å². The standard InChI is InChI=1S/C10H19NO.C10H18O.C9H16O.C9H18.5CH4/c1-8(2)6-5-7-11-10(12)9(3)4;1-8(2)6-5-7-10(11)9(3)4;1-7(2)5-6-9(10)8(3)4;1-8(2)6-5-7-9(3)4;;;;;/h5-6,8-9H,7H2,1-4H3,(H,11,12);5-6,8-9H,7H2,1-4H3;5-8H,1-4H3;5-6,8-9H,7H2,1-4H3;5*1H4/b4*6-5+;;;;;. The minimum Gasteiger partial charge on any atom is -0.352 e. The Balaban J connectivity index is -0.0000000568. The van der Waals surface area contributed by atoms with Gasteiger partial charge in [-0.05, 0) is 42.1 Å². The summed E-state index contributed by atoms with van der Waals surface area (Å²) in [6, 6.07) is 0. The van der Waals surface area contributed by atoms with Gasteiger partial charge in [-0.1, -0.05) is 190 Å². The first-order valence-corrected chi connectivity index (χ1v) is 16.3. The number of rotatable bonds is 14. The minimum atomic E-state index is 0. The van der Waals surface area contributed by atoms with E-state index in [9.17, 15) is 14.4 Å². The molecule has 0 aromatic carbocycles. The quantitative estimate of drug-likeness (QED) is 0.148. The van der Waals surface area contributed by atoms with Crippen molar-refractivity contribution in [3.63, 3.8) is 0 Å². The summed E-state index contributed by atoms with van der Waals surface area (Å²) < 4.78 is 0. The number of carbonyl (C=O) groups excluding carboxylic acids is 3. The molecule has 0 aromatic rings. The molecule has 0 fully saturated rings. The Bertz CT molecular complexity index is 777. The van der Waals surface area contributed by atoms with Crippen LogP contribution in [0, 0.1) is 47.3 Å². The lowest BCUT2D eigenvalue weighted by molar-refractivity contribution is -0.124. The second-order valence-corrected chi connectivity index (χ2v) is 13.5. The van der Waals surface area contributed by atoms with E-state index in [0.29, 0.717) is 42.4 Å². The van der Waals surface area contributed by atoms with Crippen LogP contribution < -0.4 is 5.32 Å². The molecule has 0 aliphatic heterocycles. The van der Waals surface area contributed by atoms with Crippen LogP contribution in [-0.2, 0) is 14.4 Å². The fraction of sp³-hybridized carbons (Fsp3) is 0.744. The van der Waals surface area contributed by atoms with E-state index in [1.54, 1.807) is 6.08 Å². The third-order valence-corrected chi connectivity index (χ3v) is 5.27. The fourth-order valence-electron chi connectivity index (χ4n) is 2.50. The number of carbonyl (C=O) groups is 3. The molecule has 0 unspecified atom stereocenters. The molecule has 4 nitrogen and oxygen atoms in total. The maximum Gasteiger partial charge on any atom is 0.222 e. The highest BCUT2D eigenvalue weighted by Crippen LogP contribution is 2.03. The van der Waals surface area contributed by atoms with E-state index in [2.05, 4.69) is 98.9 Å². The van der Waals surface area contributed by atoms with Gasteiger partial charge in [0.1, 0.15) is 5.78 Å². The molecule has 0 spiro atoms. The molecule has 0 saturated heterocycles. The summed E-state index contributed by atoms with van der Waals surface area (Å²) in [6.45, 7) is 33.6. The zero-order valence-corrected chi connectivity index (χ0v) is 30.6. The van der Waals surface area contributed by atoms with Gasteiger partial charge in [0.05, 0.1) is 0 Å². The SMILES string of the molecule is C.C.C.C.C.CC(C)/C=C/C(=O)C(C)C.CC(C)/C=C/CC(=O)C(C)C.CC(C)/C=C/CC(C)C.CC(C)/C=C/CNC(=O)C(C)C. The molecule has 0 aliphatic carbocycles. The van der Waals surface area contributed by atoms with Gasteiger partial charge in [0.2, 0.25) is 5.91 Å². The van der Waals surface area contributed by atoms with Gasteiger partial charge in [-0.15, -0.1) is 0 Å². The molecule has 286 valence electrons. The van der Waals surface area contributed by atoms with Crippen LogP contribution in [0.2, 0.25) is 0 Å². The van der Waals surface area contributed by atoms with Gasteiger partial charge < -0.3 is 5.32 Å².